The van der Waals surface area contributed by atoms with Crippen molar-refractivity contribution in [3.05, 3.63) is 66.0 Å². The van der Waals surface area contributed by atoms with Crippen molar-refractivity contribution in [2.45, 2.75) is 32.6 Å². The van der Waals surface area contributed by atoms with Crippen molar-refractivity contribution in [2.24, 2.45) is 10.4 Å². The Hall–Kier alpha value is -2.46. The Morgan fingerprint density at radius 2 is 1.86 bits per heavy atom. The molecule has 0 aliphatic carbocycles. The third-order valence-corrected chi connectivity index (χ3v) is 6.19. The molecule has 0 saturated carbocycles. The number of pyridine rings is 1. The SMILES string of the molecule is C=C(c1cc(CCc2ccncc2)ccc1N=CC)N1CC2(CCNCC2)C1. The first kappa shape index (κ1) is 18.9. The van der Waals surface area contributed by atoms with Crippen molar-refractivity contribution < 1.29 is 0 Å². The lowest BCUT2D eigenvalue weighted by atomic mass is 9.72. The van der Waals surface area contributed by atoms with Crippen molar-refractivity contribution in [1.29, 1.82) is 0 Å². The second kappa shape index (κ2) is 8.27. The summed E-state index contributed by atoms with van der Waals surface area (Å²) < 4.78 is 0. The monoisotopic (exact) mass is 374 g/mol. The molecule has 1 aromatic heterocycles. The van der Waals surface area contributed by atoms with Gasteiger partial charge in [-0.05, 0) is 81.1 Å². The van der Waals surface area contributed by atoms with E-state index in [-0.39, 0.29) is 0 Å². The van der Waals surface area contributed by atoms with E-state index in [1.165, 1.54) is 29.5 Å². The predicted octanol–water partition coefficient (Wildman–Crippen LogP) is 4.25. The van der Waals surface area contributed by atoms with E-state index in [9.17, 15) is 0 Å². The van der Waals surface area contributed by atoms with Crippen molar-refractivity contribution in [1.82, 2.24) is 15.2 Å². The molecular weight excluding hydrogens is 344 g/mol. The number of aromatic nitrogens is 1. The number of benzene rings is 1. The number of aliphatic imine (C=N–C) groups is 1. The highest BCUT2D eigenvalue weighted by Gasteiger charge is 2.44. The van der Waals surface area contributed by atoms with Crippen LogP contribution in [0.15, 0.2) is 54.3 Å². The van der Waals surface area contributed by atoms with Crippen molar-refractivity contribution >= 4 is 17.6 Å². The Bertz CT molecular complexity index is 842. The molecular formula is C24H30N4. The molecule has 0 amide bonds. The van der Waals surface area contributed by atoms with Gasteiger partial charge in [0.25, 0.3) is 0 Å². The molecule has 1 N–H and O–H groups in total. The second-order valence-electron chi connectivity index (χ2n) is 8.15. The molecule has 0 radical (unpaired) electrons. The fourth-order valence-electron chi connectivity index (χ4n) is 4.46. The van der Waals surface area contributed by atoms with E-state index in [0.717, 1.165) is 50.4 Å². The lowest BCUT2D eigenvalue weighted by molar-refractivity contribution is 0.0201. The lowest BCUT2D eigenvalue weighted by Crippen LogP contribution is -2.58. The molecule has 0 unspecified atom stereocenters. The van der Waals surface area contributed by atoms with Gasteiger partial charge in [-0.15, -0.1) is 0 Å². The maximum Gasteiger partial charge on any atom is 0.0718 e. The van der Waals surface area contributed by atoms with Crippen LogP contribution in [-0.2, 0) is 12.8 Å². The predicted molar refractivity (Wildman–Crippen MR) is 117 cm³/mol. The van der Waals surface area contributed by atoms with Gasteiger partial charge in [0.15, 0.2) is 0 Å². The van der Waals surface area contributed by atoms with E-state index in [1.54, 1.807) is 0 Å². The fourth-order valence-corrected chi connectivity index (χ4v) is 4.46. The Labute approximate surface area is 168 Å². The van der Waals surface area contributed by atoms with Crippen LogP contribution in [0, 0.1) is 5.41 Å². The van der Waals surface area contributed by atoms with Gasteiger partial charge in [0.1, 0.15) is 0 Å². The second-order valence-corrected chi connectivity index (χ2v) is 8.15. The van der Waals surface area contributed by atoms with Gasteiger partial charge in [-0.2, -0.15) is 0 Å². The van der Waals surface area contributed by atoms with Crippen LogP contribution in [-0.4, -0.2) is 42.3 Å². The molecule has 2 aliphatic heterocycles. The van der Waals surface area contributed by atoms with Gasteiger partial charge in [-0.1, -0.05) is 12.6 Å². The first-order chi connectivity index (χ1) is 13.7. The van der Waals surface area contributed by atoms with Crippen LogP contribution in [0.5, 0.6) is 0 Å². The maximum absolute atomic E-state index is 4.60. The number of rotatable bonds is 6. The molecule has 1 aromatic carbocycles. The minimum absolute atomic E-state index is 0.501. The van der Waals surface area contributed by atoms with Crippen molar-refractivity contribution in [3.8, 4) is 0 Å². The topological polar surface area (TPSA) is 40.5 Å². The summed E-state index contributed by atoms with van der Waals surface area (Å²) in [6.45, 7) is 11.0. The molecule has 2 fully saturated rings. The highest BCUT2D eigenvalue weighted by molar-refractivity contribution is 5.76. The van der Waals surface area contributed by atoms with Crippen LogP contribution >= 0.6 is 0 Å². The summed E-state index contributed by atoms with van der Waals surface area (Å²) in [5, 5.41) is 3.48. The van der Waals surface area contributed by atoms with E-state index in [0.29, 0.717) is 5.41 Å². The summed E-state index contributed by atoms with van der Waals surface area (Å²) in [6, 6.07) is 10.8. The first-order valence-electron chi connectivity index (χ1n) is 10.3. The minimum Gasteiger partial charge on any atom is -0.370 e. The zero-order chi connectivity index (χ0) is 19.4. The van der Waals surface area contributed by atoms with Crippen LogP contribution in [0.2, 0.25) is 0 Å². The van der Waals surface area contributed by atoms with E-state index in [1.807, 2.05) is 25.5 Å². The van der Waals surface area contributed by atoms with Crippen molar-refractivity contribution in [2.75, 3.05) is 26.2 Å². The summed E-state index contributed by atoms with van der Waals surface area (Å²) in [5.74, 6) is 0. The van der Waals surface area contributed by atoms with Crippen LogP contribution in [0.1, 0.15) is 36.5 Å². The van der Waals surface area contributed by atoms with Crippen LogP contribution in [0.25, 0.3) is 5.70 Å². The summed E-state index contributed by atoms with van der Waals surface area (Å²) >= 11 is 0. The van der Waals surface area contributed by atoms with Crippen LogP contribution < -0.4 is 5.32 Å². The quantitative estimate of drug-likeness (QED) is 0.769. The average Bonchev–Trinajstić information content (AvgIpc) is 2.72. The van der Waals surface area contributed by atoms with Gasteiger partial charge in [0, 0.05) is 48.4 Å². The van der Waals surface area contributed by atoms with Crippen LogP contribution in [0.3, 0.4) is 0 Å². The summed E-state index contributed by atoms with van der Waals surface area (Å²) in [5.41, 5.74) is 6.47. The number of hydrogen-bond donors (Lipinski definition) is 1. The Morgan fingerprint density at radius 3 is 2.57 bits per heavy atom. The molecule has 146 valence electrons. The Morgan fingerprint density at radius 1 is 1.14 bits per heavy atom. The zero-order valence-electron chi connectivity index (χ0n) is 16.8. The first-order valence-corrected chi connectivity index (χ1v) is 10.3. The average molecular weight is 375 g/mol. The van der Waals surface area contributed by atoms with Gasteiger partial charge in [-0.3, -0.25) is 9.98 Å². The largest absolute Gasteiger partial charge is 0.370 e. The zero-order valence-corrected chi connectivity index (χ0v) is 16.8. The smallest absolute Gasteiger partial charge is 0.0718 e. The maximum atomic E-state index is 4.60. The lowest BCUT2D eigenvalue weighted by Gasteiger charge is -2.54. The molecule has 4 heteroatoms. The number of aryl methyl sites for hydroxylation is 2. The van der Waals surface area contributed by atoms with Gasteiger partial charge in [0.05, 0.1) is 5.69 Å². The van der Waals surface area contributed by atoms with Gasteiger partial charge < -0.3 is 10.2 Å². The standard InChI is InChI=1S/C24H30N4/c1-3-27-23-7-6-21(5-4-20-8-12-25-13-9-20)16-22(23)19(2)28-17-24(18-28)10-14-26-15-11-24/h3,6-9,12-13,16,26H,2,4-5,10-11,14-15,17-18H2,1H3. The van der Waals surface area contributed by atoms with E-state index < -0.39 is 0 Å². The summed E-state index contributed by atoms with van der Waals surface area (Å²) in [6.07, 6.45) is 10.2. The number of likely N-dealkylation sites (tertiary alicyclic amines) is 1. The Balaban J connectivity index is 1.48. The van der Waals surface area contributed by atoms with Gasteiger partial charge in [0.2, 0.25) is 0 Å². The van der Waals surface area contributed by atoms with Crippen molar-refractivity contribution in [3.63, 3.8) is 0 Å². The van der Waals surface area contributed by atoms with Gasteiger partial charge >= 0.3 is 0 Å². The van der Waals surface area contributed by atoms with E-state index >= 15 is 0 Å². The third kappa shape index (κ3) is 4.02. The number of piperidine rings is 1. The molecule has 3 heterocycles. The third-order valence-electron chi connectivity index (χ3n) is 6.19. The van der Waals surface area contributed by atoms with E-state index in [2.05, 4.69) is 57.1 Å². The number of hydrogen-bond acceptors (Lipinski definition) is 4. The highest BCUT2D eigenvalue weighted by atomic mass is 15.2. The molecule has 2 aliphatic rings. The molecule has 0 bridgehead atoms. The number of nitrogens with zero attached hydrogens (tertiary/aromatic N) is 3. The highest BCUT2D eigenvalue weighted by Crippen LogP contribution is 2.43. The molecule has 2 saturated heterocycles. The minimum atomic E-state index is 0.501. The Kier molecular flexibility index (Phi) is 5.58. The fraction of sp³-hybridized carbons (Fsp3) is 0.417. The molecule has 2 aromatic rings. The molecule has 4 rings (SSSR count). The van der Waals surface area contributed by atoms with Crippen LogP contribution in [0.4, 0.5) is 5.69 Å². The van der Waals surface area contributed by atoms with Gasteiger partial charge in [-0.25, -0.2) is 0 Å². The summed E-state index contributed by atoms with van der Waals surface area (Å²) in [7, 11) is 0. The molecule has 0 atom stereocenters. The molecule has 4 nitrogen and oxygen atoms in total. The normalized spacial score (nSPS) is 18.4. The molecule has 28 heavy (non-hydrogen) atoms. The number of nitrogens with one attached hydrogen (secondary N) is 1. The summed E-state index contributed by atoms with van der Waals surface area (Å²) in [4.78, 5) is 11.2. The molecule has 1 spiro atoms. The van der Waals surface area contributed by atoms with E-state index in [4.69, 9.17) is 0 Å².